The molecule has 1 fully saturated rings. The number of likely N-dealkylation sites (tertiary alicyclic amines) is 1. The second-order valence-corrected chi connectivity index (χ2v) is 5.64. The van der Waals surface area contributed by atoms with Crippen LogP contribution in [0.1, 0.15) is 23.2 Å². The average Bonchev–Trinajstić information content (AvgIpc) is 2.45. The summed E-state index contributed by atoms with van der Waals surface area (Å²) in [4.78, 5) is 30.3. The van der Waals surface area contributed by atoms with Gasteiger partial charge in [0, 0.05) is 19.6 Å². The van der Waals surface area contributed by atoms with Crippen molar-refractivity contribution in [3.05, 3.63) is 33.1 Å². The molecule has 7 nitrogen and oxygen atoms in total. The van der Waals surface area contributed by atoms with Crippen molar-refractivity contribution in [1.82, 2.24) is 14.8 Å². The number of likely N-dealkylation sites (N-methyl/N-ethyl adjacent to an activating group) is 2. The van der Waals surface area contributed by atoms with Crippen molar-refractivity contribution >= 4 is 23.2 Å². The maximum atomic E-state index is 12.5. The Morgan fingerprint density at radius 1 is 1.62 bits per heavy atom. The molecule has 2 heterocycles. The molecule has 1 saturated heterocycles. The topological polar surface area (TPSA) is 79.6 Å². The van der Waals surface area contributed by atoms with Crippen LogP contribution in [0, 0.1) is 10.1 Å². The van der Waals surface area contributed by atoms with E-state index in [1.807, 2.05) is 7.05 Å². The van der Waals surface area contributed by atoms with Crippen LogP contribution in [0.4, 0.5) is 5.69 Å². The summed E-state index contributed by atoms with van der Waals surface area (Å²) in [5.41, 5.74) is -0.337. The molecule has 2 rings (SSSR count). The van der Waals surface area contributed by atoms with Crippen molar-refractivity contribution < 1.29 is 9.72 Å². The molecule has 1 unspecified atom stereocenters. The highest BCUT2D eigenvalue weighted by Gasteiger charge is 2.29. The lowest BCUT2D eigenvalue weighted by molar-refractivity contribution is -0.385. The third-order valence-electron chi connectivity index (χ3n) is 3.74. The normalized spacial score (nSPS) is 19.3. The Morgan fingerprint density at radius 3 is 2.95 bits per heavy atom. The average molecular weight is 313 g/mol. The fourth-order valence-electron chi connectivity index (χ4n) is 2.55. The van der Waals surface area contributed by atoms with Crippen molar-refractivity contribution in [2.45, 2.75) is 18.9 Å². The maximum absolute atomic E-state index is 12.5. The number of halogens is 1. The van der Waals surface area contributed by atoms with Gasteiger partial charge in [0.2, 0.25) is 0 Å². The molecule has 21 heavy (non-hydrogen) atoms. The van der Waals surface area contributed by atoms with Gasteiger partial charge in [0.15, 0.2) is 0 Å². The molecule has 114 valence electrons. The van der Waals surface area contributed by atoms with Gasteiger partial charge in [-0.05, 0) is 32.5 Å². The van der Waals surface area contributed by atoms with Crippen LogP contribution >= 0.6 is 11.6 Å². The molecule has 0 N–H and O–H groups in total. The van der Waals surface area contributed by atoms with Gasteiger partial charge in [0.25, 0.3) is 11.6 Å². The third kappa shape index (κ3) is 3.48. The summed E-state index contributed by atoms with van der Waals surface area (Å²) in [5.74, 6) is -0.397. The predicted molar refractivity (Wildman–Crippen MR) is 78.5 cm³/mol. The largest absolute Gasteiger partial charge is 0.337 e. The molecule has 1 aliphatic rings. The first-order valence-corrected chi connectivity index (χ1v) is 7.03. The van der Waals surface area contributed by atoms with Gasteiger partial charge in [-0.1, -0.05) is 11.6 Å². The van der Waals surface area contributed by atoms with Crippen LogP contribution in [0.2, 0.25) is 5.15 Å². The van der Waals surface area contributed by atoms with E-state index in [4.69, 9.17) is 11.6 Å². The smallest absolute Gasteiger partial charge is 0.300 e. The molecule has 1 aromatic rings. The third-order valence-corrected chi connectivity index (χ3v) is 3.95. The zero-order valence-electron chi connectivity index (χ0n) is 12.0. The summed E-state index contributed by atoms with van der Waals surface area (Å²) < 4.78 is 0. The van der Waals surface area contributed by atoms with E-state index in [0.29, 0.717) is 0 Å². The van der Waals surface area contributed by atoms with Crippen molar-refractivity contribution in [2.24, 2.45) is 0 Å². The summed E-state index contributed by atoms with van der Waals surface area (Å²) in [7, 11) is 3.67. The summed E-state index contributed by atoms with van der Waals surface area (Å²) in [6, 6.07) is 1.30. The lowest BCUT2D eigenvalue weighted by atomic mass is 10.0. The zero-order chi connectivity index (χ0) is 15.6. The van der Waals surface area contributed by atoms with E-state index in [2.05, 4.69) is 9.88 Å². The summed E-state index contributed by atoms with van der Waals surface area (Å²) >= 11 is 5.77. The Labute approximate surface area is 127 Å². The van der Waals surface area contributed by atoms with Crippen LogP contribution in [-0.4, -0.2) is 58.8 Å². The highest BCUT2D eigenvalue weighted by molar-refractivity contribution is 6.29. The minimum Gasteiger partial charge on any atom is -0.337 e. The van der Waals surface area contributed by atoms with Gasteiger partial charge in [-0.3, -0.25) is 14.9 Å². The molecule has 8 heteroatoms. The maximum Gasteiger partial charge on any atom is 0.300 e. The number of hydrogen-bond acceptors (Lipinski definition) is 5. The fourth-order valence-corrected chi connectivity index (χ4v) is 2.71. The molecule has 0 saturated carbocycles. The Balaban J connectivity index is 2.26. The van der Waals surface area contributed by atoms with E-state index in [9.17, 15) is 14.9 Å². The second-order valence-electron chi connectivity index (χ2n) is 5.26. The predicted octanol–water partition coefficient (Wildman–Crippen LogP) is 1.81. The molecule has 0 bridgehead atoms. The zero-order valence-corrected chi connectivity index (χ0v) is 12.7. The Kier molecular flexibility index (Phi) is 4.74. The molecule has 1 atom stereocenters. The minimum atomic E-state index is -0.614. The van der Waals surface area contributed by atoms with E-state index >= 15 is 0 Å². The van der Waals surface area contributed by atoms with Gasteiger partial charge in [-0.15, -0.1) is 0 Å². The number of hydrogen-bond donors (Lipinski definition) is 0. The molecule has 0 radical (unpaired) electrons. The van der Waals surface area contributed by atoms with Gasteiger partial charge in [0.1, 0.15) is 16.9 Å². The Hall–Kier alpha value is -1.73. The number of aromatic nitrogens is 1. The number of carbonyl (C=O) groups is 1. The van der Waals surface area contributed by atoms with Crippen LogP contribution in [-0.2, 0) is 0 Å². The highest BCUT2D eigenvalue weighted by atomic mass is 35.5. The second kappa shape index (κ2) is 6.36. The molecule has 1 amide bonds. The summed E-state index contributed by atoms with van der Waals surface area (Å²) in [6.07, 6.45) is 2.91. The fraction of sp³-hybridized carbons (Fsp3) is 0.538. The summed E-state index contributed by atoms with van der Waals surface area (Å²) in [6.45, 7) is 1.76. The number of piperidine rings is 1. The lowest BCUT2D eigenvalue weighted by Gasteiger charge is -2.35. The van der Waals surface area contributed by atoms with Crippen molar-refractivity contribution in [3.8, 4) is 0 Å². The first-order chi connectivity index (χ1) is 9.90. The number of nitrogens with zero attached hydrogens (tertiary/aromatic N) is 4. The van der Waals surface area contributed by atoms with Gasteiger partial charge < -0.3 is 9.80 Å². The van der Waals surface area contributed by atoms with Crippen LogP contribution in [0.5, 0.6) is 0 Å². The van der Waals surface area contributed by atoms with E-state index in [1.54, 1.807) is 11.9 Å². The minimum absolute atomic E-state index is 0.0178. The monoisotopic (exact) mass is 312 g/mol. The van der Waals surface area contributed by atoms with Crippen LogP contribution in [0.15, 0.2) is 12.3 Å². The van der Waals surface area contributed by atoms with Crippen molar-refractivity contribution in [2.75, 3.05) is 27.2 Å². The molecule has 1 aromatic heterocycles. The first kappa shape index (κ1) is 15.7. The molecule has 1 aliphatic heterocycles. The van der Waals surface area contributed by atoms with Gasteiger partial charge in [-0.25, -0.2) is 4.98 Å². The molecular formula is C13H17ClN4O3. The number of nitro groups is 1. The van der Waals surface area contributed by atoms with Crippen LogP contribution < -0.4 is 0 Å². The standard InChI is InChI=1S/C13H17ClN4O3/c1-16-5-3-4-9(8-16)17(2)13(19)10-6-12(14)15-7-11(10)18(20)21/h6-7,9H,3-5,8H2,1-2H3. The van der Waals surface area contributed by atoms with E-state index in [-0.39, 0.29) is 22.4 Å². The first-order valence-electron chi connectivity index (χ1n) is 6.65. The number of amides is 1. The van der Waals surface area contributed by atoms with E-state index in [0.717, 1.165) is 32.1 Å². The van der Waals surface area contributed by atoms with Crippen LogP contribution in [0.3, 0.4) is 0 Å². The van der Waals surface area contributed by atoms with Gasteiger partial charge in [-0.2, -0.15) is 0 Å². The molecule has 0 spiro atoms. The number of carbonyl (C=O) groups excluding carboxylic acids is 1. The SMILES string of the molecule is CN1CCCC(N(C)C(=O)c2cc(Cl)ncc2[N+](=O)[O-])C1. The molecule has 0 aliphatic carbocycles. The van der Waals surface area contributed by atoms with Gasteiger partial charge in [0.05, 0.1) is 4.92 Å². The highest BCUT2D eigenvalue weighted by Crippen LogP contribution is 2.24. The van der Waals surface area contributed by atoms with Gasteiger partial charge >= 0.3 is 0 Å². The quantitative estimate of drug-likeness (QED) is 0.483. The number of pyridine rings is 1. The summed E-state index contributed by atoms with van der Waals surface area (Å²) in [5, 5.41) is 11.1. The van der Waals surface area contributed by atoms with Crippen molar-refractivity contribution in [3.63, 3.8) is 0 Å². The van der Waals surface area contributed by atoms with Crippen molar-refractivity contribution in [1.29, 1.82) is 0 Å². The van der Waals surface area contributed by atoms with E-state index < -0.39 is 10.8 Å². The number of rotatable bonds is 3. The Morgan fingerprint density at radius 2 is 2.33 bits per heavy atom. The molecule has 0 aromatic carbocycles. The van der Waals surface area contributed by atoms with Crippen LogP contribution in [0.25, 0.3) is 0 Å². The molecular weight excluding hydrogens is 296 g/mol. The van der Waals surface area contributed by atoms with E-state index in [1.165, 1.54) is 6.07 Å². The Bertz CT molecular complexity index is 566. The lowest BCUT2D eigenvalue weighted by Crippen LogP contribution is -2.47.